The van der Waals surface area contributed by atoms with Crippen molar-refractivity contribution in [2.75, 3.05) is 104 Å². The van der Waals surface area contributed by atoms with Crippen LogP contribution in [0.4, 0.5) is 0 Å². The number of H-pyrrole nitrogens is 2. The second kappa shape index (κ2) is 43.1. The van der Waals surface area contributed by atoms with Gasteiger partial charge in [0.05, 0.1) is 46.2 Å². The lowest BCUT2D eigenvalue weighted by molar-refractivity contribution is -0.140. The maximum atomic E-state index is 14.5. The lowest BCUT2D eigenvalue weighted by atomic mass is 10.0. The minimum Gasteiger partial charge on any atom is -0.496 e. The SMILES string of the molecule is COc1cc(C(=O)N[C@@H](CCC(N)=O)C(=O)N[C@@H](Cc2c[nH]c3ccccc23)C(=O)N[C@@H](C)C(=O)N[C@H](C(=O)NCC(=O)N[C@@H](Cc2cnc[nH]2)C(=O)N[C@@H](CC(C)C)C(=O)N[C@@H](CCSC)C(N)=O)C(C)C)ccc1CNC(=O)CN1CCN(CC(=O)O)CCN(CC(=O)O)CCN(CC(=O)O)CC1. The van der Waals surface area contributed by atoms with Crippen molar-refractivity contribution < 1.29 is 87.2 Å². The van der Waals surface area contributed by atoms with Crippen LogP contribution < -0.4 is 64.1 Å². The Morgan fingerprint density at radius 2 is 1.13 bits per heavy atom. The van der Waals surface area contributed by atoms with Crippen LogP contribution in [0.15, 0.2) is 61.2 Å². The first-order valence-electron chi connectivity index (χ1n) is 34.3. The largest absolute Gasteiger partial charge is 0.496 e. The van der Waals surface area contributed by atoms with E-state index in [1.54, 1.807) is 63.9 Å². The zero-order chi connectivity index (χ0) is 77.4. The summed E-state index contributed by atoms with van der Waals surface area (Å²) in [5.41, 5.74) is 13.2. The Labute approximate surface area is 611 Å². The Kier molecular flexibility index (Phi) is 35.1. The Hall–Kier alpha value is -10.2. The molecule has 0 unspecified atom stereocenters. The third kappa shape index (κ3) is 29.8. The number of amides is 11. The average Bonchev–Trinajstić information content (AvgIpc) is 1.77. The Balaban J connectivity index is 1.26. The zero-order valence-corrected chi connectivity index (χ0v) is 60.9. The number of imidazole rings is 1. The van der Waals surface area contributed by atoms with Crippen molar-refractivity contribution in [1.29, 1.82) is 0 Å². The predicted molar refractivity (Wildman–Crippen MR) is 384 cm³/mol. The minimum atomic E-state index is -1.51. The molecule has 0 aliphatic carbocycles. The van der Waals surface area contributed by atoms with Crippen molar-refractivity contribution in [2.45, 2.75) is 122 Å². The van der Waals surface area contributed by atoms with Gasteiger partial charge in [-0.15, -0.1) is 0 Å². The van der Waals surface area contributed by atoms with E-state index < -0.39 is 144 Å². The molecule has 1 aliphatic heterocycles. The molecule has 36 nitrogen and oxygen atoms in total. The number of methoxy groups -OCH3 is 1. The zero-order valence-electron chi connectivity index (χ0n) is 60.1. The Bertz CT molecular complexity index is 3620. The molecule has 0 saturated carbocycles. The van der Waals surface area contributed by atoms with Gasteiger partial charge in [0.1, 0.15) is 48.0 Å². The van der Waals surface area contributed by atoms with Crippen LogP contribution in [0.2, 0.25) is 0 Å². The van der Waals surface area contributed by atoms with Crippen molar-refractivity contribution in [3.8, 4) is 5.75 Å². The molecule has 5 rings (SSSR count). The number of fused-ring (bicyclic) bond motifs is 1. The highest BCUT2D eigenvalue weighted by molar-refractivity contribution is 7.98. The number of carbonyl (C=O) groups excluding carboxylic acids is 11. The van der Waals surface area contributed by atoms with E-state index in [0.29, 0.717) is 33.5 Å². The molecule has 0 spiro atoms. The number of hydrogen-bond acceptors (Lipinski definition) is 21. The summed E-state index contributed by atoms with van der Waals surface area (Å²) in [5, 5.41) is 53.2. The number of benzene rings is 2. The van der Waals surface area contributed by atoms with Crippen LogP contribution in [-0.2, 0) is 81.7 Å². The normalized spacial score (nSPS) is 15.5. The molecule has 3 heterocycles. The number of carbonyl (C=O) groups is 14. The number of nitrogens with one attached hydrogen (secondary N) is 11. The van der Waals surface area contributed by atoms with Crippen molar-refractivity contribution in [3.05, 3.63) is 83.6 Å². The lowest BCUT2D eigenvalue weighted by Crippen LogP contribution is -2.59. The molecule has 37 heteroatoms. The fourth-order valence-electron chi connectivity index (χ4n) is 11.4. The van der Waals surface area contributed by atoms with Crippen LogP contribution in [0.25, 0.3) is 10.9 Å². The van der Waals surface area contributed by atoms with E-state index in [1.807, 2.05) is 20.1 Å². The topological polar surface area (TPSA) is 527 Å². The van der Waals surface area contributed by atoms with Crippen LogP contribution in [0.1, 0.15) is 87.5 Å². The van der Waals surface area contributed by atoms with Crippen LogP contribution in [0.5, 0.6) is 5.75 Å². The maximum absolute atomic E-state index is 14.5. The van der Waals surface area contributed by atoms with Gasteiger partial charge in [-0.05, 0) is 73.8 Å². The smallest absolute Gasteiger partial charge is 0.317 e. The van der Waals surface area contributed by atoms with Gasteiger partial charge < -0.3 is 89.3 Å². The van der Waals surface area contributed by atoms with Gasteiger partial charge in [0.2, 0.25) is 59.1 Å². The average molecular weight is 1490 g/mol. The van der Waals surface area contributed by atoms with Gasteiger partial charge in [-0.3, -0.25) is 86.7 Å². The van der Waals surface area contributed by atoms with Crippen LogP contribution in [-0.4, -0.2) is 279 Å². The highest BCUT2D eigenvalue weighted by atomic mass is 32.2. The summed E-state index contributed by atoms with van der Waals surface area (Å²) in [4.78, 5) is 202. The van der Waals surface area contributed by atoms with E-state index in [0.717, 1.165) is 0 Å². The number of nitrogens with zero attached hydrogens (tertiary/aromatic N) is 5. The molecule has 2 aromatic heterocycles. The number of aromatic amines is 2. The summed E-state index contributed by atoms with van der Waals surface area (Å²) in [5.74, 6) is -12.0. The number of rotatable bonds is 41. The molecule has 7 atom stereocenters. The first-order chi connectivity index (χ1) is 49.8. The second-order valence-electron chi connectivity index (χ2n) is 26.3. The first-order valence-corrected chi connectivity index (χ1v) is 35.7. The molecule has 11 amide bonds. The molecule has 18 N–H and O–H groups in total. The predicted octanol–water partition coefficient (Wildman–Crippen LogP) is -3.17. The highest BCUT2D eigenvalue weighted by Crippen LogP contribution is 2.22. The molecule has 2 aromatic carbocycles. The number of hydrogen-bond donors (Lipinski definition) is 16. The van der Waals surface area contributed by atoms with E-state index in [4.69, 9.17) is 16.2 Å². The van der Waals surface area contributed by atoms with Crippen LogP contribution in [0, 0.1) is 11.8 Å². The van der Waals surface area contributed by atoms with Gasteiger partial charge in [0, 0.05) is 118 Å². The molecule has 576 valence electrons. The first kappa shape index (κ1) is 85.4. The molecule has 4 aromatic rings. The number of thioether (sulfide) groups is 1. The third-order valence-corrected chi connectivity index (χ3v) is 17.7. The molecule has 1 saturated heterocycles. The molecule has 1 aliphatic rings. The molecule has 0 radical (unpaired) electrons. The van der Waals surface area contributed by atoms with Crippen LogP contribution in [0.3, 0.4) is 0 Å². The summed E-state index contributed by atoms with van der Waals surface area (Å²) in [7, 11) is 1.32. The van der Waals surface area contributed by atoms with Crippen molar-refractivity contribution >= 4 is 106 Å². The summed E-state index contributed by atoms with van der Waals surface area (Å²) in [6.45, 7) is 7.70. The molecule has 0 bridgehead atoms. The lowest BCUT2D eigenvalue weighted by Gasteiger charge is -2.32. The van der Waals surface area contributed by atoms with Gasteiger partial charge in [-0.25, -0.2) is 4.98 Å². The summed E-state index contributed by atoms with van der Waals surface area (Å²) >= 11 is 1.45. The van der Waals surface area contributed by atoms with Crippen LogP contribution >= 0.6 is 11.8 Å². The van der Waals surface area contributed by atoms with E-state index >= 15 is 0 Å². The number of aromatic nitrogens is 3. The molecule has 1 fully saturated rings. The van der Waals surface area contributed by atoms with Gasteiger partial charge in [0.25, 0.3) is 5.91 Å². The maximum Gasteiger partial charge on any atom is 0.317 e. The fourth-order valence-corrected chi connectivity index (χ4v) is 11.8. The van der Waals surface area contributed by atoms with Gasteiger partial charge in [-0.1, -0.05) is 52.0 Å². The molecular weight excluding hydrogens is 1390 g/mol. The standard InChI is InChI=1S/C68H100N18O18S/c1-39(2)26-50(66(101)78-48(61(70)96)16-25-105-7)80-67(102)52(29-45-32-71-38-75-45)77-55(88)33-74-68(103)60(40(3)4)82-62(97)41(5)76-65(100)51(27-44-31-72-47-11-9-8-10-46(44)47)81-64(99)49(14-15-54(69)87)79-63(98)42-12-13-43(53(28-42)104-6)30-73-56(89)34-83-17-19-84(35-57(90)91)21-23-86(37-59(94)95)24-22-85(20-18-83)36-58(92)93/h8-13,28,31-32,38-41,48-52,60,72H,14-27,29-30,33-37H2,1-7H3,(H2,69,87)(H2,70,96)(H,71,75)(H,73,89)(H,74,103)(H,76,100)(H,77,88)(H,78,101)(H,79,98)(H,80,102)(H,81,99)(H,82,97)(H,90,91)(H,92,93)(H,94,95)/t41-,48-,49-,50-,51-,52-,60-/m0/s1. The summed E-state index contributed by atoms with van der Waals surface area (Å²) in [6.07, 6.45) is 5.62. The third-order valence-electron chi connectivity index (χ3n) is 17.1. The quantitative estimate of drug-likeness (QED) is 0.0208. The second-order valence-corrected chi connectivity index (χ2v) is 27.2. The monoisotopic (exact) mass is 1490 g/mol. The number of primary amides is 2. The number of para-hydroxylation sites is 1. The molecule has 105 heavy (non-hydrogen) atoms. The number of aliphatic carboxylic acids is 3. The number of nitrogens with two attached hydrogens (primary N) is 2. The van der Waals surface area contributed by atoms with Gasteiger partial charge >= 0.3 is 17.9 Å². The number of carboxylic acids is 3. The van der Waals surface area contributed by atoms with Gasteiger partial charge in [-0.2, -0.15) is 11.8 Å². The fraction of sp³-hybridized carbons (Fsp3) is 0.544. The van der Waals surface area contributed by atoms with E-state index in [2.05, 4.69) is 62.8 Å². The minimum absolute atomic E-state index is 0.0320. The highest BCUT2D eigenvalue weighted by Gasteiger charge is 2.35. The summed E-state index contributed by atoms with van der Waals surface area (Å²) in [6, 6.07) is 2.23. The van der Waals surface area contributed by atoms with Gasteiger partial charge in [0.15, 0.2) is 0 Å². The molecular formula is C68H100N18O18S. The van der Waals surface area contributed by atoms with E-state index in [-0.39, 0.29) is 134 Å². The van der Waals surface area contributed by atoms with E-state index in [9.17, 15) is 82.4 Å². The van der Waals surface area contributed by atoms with E-state index in [1.165, 1.54) is 56.5 Å². The number of carboxylic acid groups (broad SMARTS) is 3. The van der Waals surface area contributed by atoms with Crippen molar-refractivity contribution in [3.63, 3.8) is 0 Å². The van der Waals surface area contributed by atoms with Crippen molar-refractivity contribution in [1.82, 2.24) is 82.4 Å². The Morgan fingerprint density at radius 1 is 0.581 bits per heavy atom. The number of ether oxygens (including phenoxy) is 1. The Morgan fingerprint density at radius 3 is 1.68 bits per heavy atom. The summed E-state index contributed by atoms with van der Waals surface area (Å²) < 4.78 is 5.62. The van der Waals surface area contributed by atoms with Crippen molar-refractivity contribution in [2.24, 2.45) is 23.3 Å².